The van der Waals surface area contributed by atoms with Gasteiger partial charge in [0.1, 0.15) is 6.10 Å². The Hall–Kier alpha value is -0.545. The van der Waals surface area contributed by atoms with E-state index in [0.717, 1.165) is 57.7 Å². The molecule has 5 heteroatoms. The van der Waals surface area contributed by atoms with Gasteiger partial charge in [-0.1, -0.05) is 58.8 Å². The Labute approximate surface area is 179 Å². The van der Waals surface area contributed by atoms with Crippen LogP contribution in [-0.4, -0.2) is 32.4 Å². The van der Waals surface area contributed by atoms with Crippen molar-refractivity contribution in [2.75, 3.05) is 13.2 Å². The molecular formula is C24H43BO4. The van der Waals surface area contributed by atoms with Crippen LogP contribution in [0.3, 0.4) is 0 Å². The topological polar surface area (TPSA) is 44.8 Å². The summed E-state index contributed by atoms with van der Waals surface area (Å²) in [5.41, 5.74) is 0. The molecule has 0 aromatic rings. The van der Waals surface area contributed by atoms with Crippen molar-refractivity contribution in [3.05, 3.63) is 0 Å². The summed E-state index contributed by atoms with van der Waals surface area (Å²) in [6.45, 7) is 6.19. The Morgan fingerprint density at radius 2 is 1.52 bits per heavy atom. The number of carbonyl (C=O) groups excluding carboxylic acids is 1. The molecule has 0 N–H and O–H groups in total. The van der Waals surface area contributed by atoms with Crippen LogP contribution in [0.5, 0.6) is 0 Å². The first-order chi connectivity index (χ1) is 14.2. The Kier molecular flexibility index (Phi) is 9.84. The van der Waals surface area contributed by atoms with E-state index in [4.69, 9.17) is 14.0 Å². The summed E-state index contributed by atoms with van der Waals surface area (Å²) in [6.07, 6.45) is 16.3. The summed E-state index contributed by atoms with van der Waals surface area (Å²) in [7, 11) is -0.0526. The summed E-state index contributed by atoms with van der Waals surface area (Å²) in [5.74, 6) is 2.01. The molecule has 4 nitrogen and oxygen atoms in total. The van der Waals surface area contributed by atoms with Gasteiger partial charge in [-0.05, 0) is 56.7 Å². The predicted octanol–water partition coefficient (Wildman–Crippen LogP) is 6.18. The zero-order valence-corrected chi connectivity index (χ0v) is 18.9. The molecule has 0 radical (unpaired) electrons. The highest BCUT2D eigenvalue weighted by Gasteiger charge is 2.39. The van der Waals surface area contributed by atoms with Crippen molar-refractivity contribution in [2.45, 2.75) is 116 Å². The number of unbranched alkanes of at least 4 members (excludes halogenated alkanes) is 2. The van der Waals surface area contributed by atoms with E-state index in [2.05, 4.69) is 13.8 Å². The van der Waals surface area contributed by atoms with Crippen LogP contribution in [-0.2, 0) is 18.8 Å². The largest absolute Gasteiger partial charge is 0.462 e. The van der Waals surface area contributed by atoms with Crippen LogP contribution in [0.15, 0.2) is 0 Å². The SMILES string of the molecule is CCCCCC1COB([C@H]2CC[C@H](C(=O)OC3CCC(CCC)CC3)CC2)OC1. The quantitative estimate of drug-likeness (QED) is 0.261. The molecule has 3 rings (SSSR count). The molecule has 0 atom stereocenters. The molecular weight excluding hydrogens is 363 g/mol. The summed E-state index contributed by atoms with van der Waals surface area (Å²) >= 11 is 0. The van der Waals surface area contributed by atoms with Gasteiger partial charge in [-0.3, -0.25) is 4.79 Å². The van der Waals surface area contributed by atoms with Crippen molar-refractivity contribution >= 4 is 13.1 Å². The highest BCUT2D eigenvalue weighted by atomic mass is 16.6. The molecule has 3 fully saturated rings. The first-order valence-corrected chi connectivity index (χ1v) is 12.6. The fourth-order valence-electron chi connectivity index (χ4n) is 5.51. The van der Waals surface area contributed by atoms with Gasteiger partial charge in [-0.15, -0.1) is 0 Å². The van der Waals surface area contributed by atoms with Crippen LogP contribution in [0.2, 0.25) is 5.82 Å². The fraction of sp³-hybridized carbons (Fsp3) is 0.958. The van der Waals surface area contributed by atoms with Gasteiger partial charge in [0.05, 0.1) is 5.92 Å². The maximum atomic E-state index is 12.6. The normalized spacial score (nSPS) is 31.6. The molecule has 29 heavy (non-hydrogen) atoms. The summed E-state index contributed by atoms with van der Waals surface area (Å²) in [4.78, 5) is 12.6. The van der Waals surface area contributed by atoms with E-state index in [1.165, 1.54) is 51.4 Å². The Morgan fingerprint density at radius 1 is 0.828 bits per heavy atom. The van der Waals surface area contributed by atoms with E-state index < -0.39 is 0 Å². The van der Waals surface area contributed by atoms with E-state index >= 15 is 0 Å². The van der Waals surface area contributed by atoms with Crippen molar-refractivity contribution in [3.63, 3.8) is 0 Å². The summed E-state index contributed by atoms with van der Waals surface area (Å²) in [5, 5.41) is 0. The molecule has 3 aliphatic rings. The predicted molar refractivity (Wildman–Crippen MR) is 118 cm³/mol. The molecule has 1 aliphatic heterocycles. The summed E-state index contributed by atoms with van der Waals surface area (Å²) < 4.78 is 18.0. The third-order valence-electron chi connectivity index (χ3n) is 7.47. The van der Waals surface area contributed by atoms with Crippen LogP contribution < -0.4 is 0 Å². The molecule has 0 amide bonds. The second kappa shape index (κ2) is 12.3. The lowest BCUT2D eigenvalue weighted by atomic mass is 9.62. The third-order valence-corrected chi connectivity index (χ3v) is 7.47. The fourth-order valence-corrected chi connectivity index (χ4v) is 5.51. The minimum absolute atomic E-state index is 0.0526. The van der Waals surface area contributed by atoms with Crippen LogP contribution in [0.1, 0.15) is 104 Å². The number of rotatable bonds is 9. The van der Waals surface area contributed by atoms with E-state index in [-0.39, 0.29) is 25.1 Å². The molecule has 0 aromatic heterocycles. The van der Waals surface area contributed by atoms with E-state index in [1.54, 1.807) is 0 Å². The zero-order chi connectivity index (χ0) is 20.5. The second-order valence-electron chi connectivity index (χ2n) is 9.88. The van der Waals surface area contributed by atoms with Crippen molar-refractivity contribution in [1.29, 1.82) is 0 Å². The van der Waals surface area contributed by atoms with Gasteiger partial charge >= 0.3 is 13.1 Å². The van der Waals surface area contributed by atoms with Crippen molar-refractivity contribution < 1.29 is 18.8 Å². The smallest absolute Gasteiger partial charge is 0.460 e. The molecule has 0 bridgehead atoms. The molecule has 2 saturated carbocycles. The lowest BCUT2D eigenvalue weighted by Crippen LogP contribution is -2.40. The van der Waals surface area contributed by atoms with Crippen molar-refractivity contribution in [3.8, 4) is 0 Å². The first-order valence-electron chi connectivity index (χ1n) is 12.6. The Bertz CT molecular complexity index is 462. The van der Waals surface area contributed by atoms with Gasteiger partial charge in [0.25, 0.3) is 0 Å². The van der Waals surface area contributed by atoms with E-state index in [1.807, 2.05) is 0 Å². The number of esters is 1. The zero-order valence-electron chi connectivity index (χ0n) is 18.9. The second-order valence-corrected chi connectivity index (χ2v) is 9.88. The first kappa shape index (κ1) is 23.1. The standard InChI is InChI=1S/C24H43BO4/c1-3-5-6-8-20-17-27-25(28-18-20)22-13-11-21(12-14-22)24(26)29-23-15-9-19(7-4-2)10-16-23/h19-23H,3-18H2,1-2H3/t19?,21-,22-,23?. The van der Waals surface area contributed by atoms with Crippen LogP contribution in [0.25, 0.3) is 0 Å². The molecule has 166 valence electrons. The summed E-state index contributed by atoms with van der Waals surface area (Å²) in [6, 6.07) is 0. The van der Waals surface area contributed by atoms with Crippen molar-refractivity contribution in [2.24, 2.45) is 17.8 Å². The van der Waals surface area contributed by atoms with Gasteiger partial charge in [0, 0.05) is 19.1 Å². The number of carbonyl (C=O) groups is 1. The van der Waals surface area contributed by atoms with Gasteiger partial charge in [-0.2, -0.15) is 0 Å². The molecule has 1 saturated heterocycles. The number of hydrogen-bond acceptors (Lipinski definition) is 4. The monoisotopic (exact) mass is 406 g/mol. The minimum atomic E-state index is -0.0526. The average molecular weight is 406 g/mol. The molecule has 0 spiro atoms. The highest BCUT2D eigenvalue weighted by molar-refractivity contribution is 6.46. The molecule has 2 aliphatic carbocycles. The van der Waals surface area contributed by atoms with Gasteiger partial charge < -0.3 is 14.0 Å². The number of hydrogen-bond donors (Lipinski definition) is 0. The number of ether oxygens (including phenoxy) is 1. The highest BCUT2D eigenvalue weighted by Crippen LogP contribution is 2.38. The van der Waals surface area contributed by atoms with Crippen molar-refractivity contribution in [1.82, 2.24) is 0 Å². The molecule has 1 heterocycles. The Morgan fingerprint density at radius 3 is 2.14 bits per heavy atom. The lowest BCUT2D eigenvalue weighted by molar-refractivity contribution is -0.157. The molecule has 0 aromatic carbocycles. The lowest BCUT2D eigenvalue weighted by Gasteiger charge is -2.35. The Balaban J connectivity index is 1.31. The van der Waals surface area contributed by atoms with Crippen LogP contribution >= 0.6 is 0 Å². The van der Waals surface area contributed by atoms with Gasteiger partial charge in [-0.25, -0.2) is 0 Å². The third kappa shape index (κ3) is 7.27. The van der Waals surface area contributed by atoms with Crippen LogP contribution in [0, 0.1) is 17.8 Å². The minimum Gasteiger partial charge on any atom is -0.462 e. The van der Waals surface area contributed by atoms with Gasteiger partial charge in [0.15, 0.2) is 0 Å². The maximum absolute atomic E-state index is 12.6. The van der Waals surface area contributed by atoms with E-state index in [0.29, 0.717) is 11.7 Å². The van der Waals surface area contributed by atoms with E-state index in [9.17, 15) is 4.79 Å². The van der Waals surface area contributed by atoms with Crippen LogP contribution in [0.4, 0.5) is 0 Å². The molecule has 0 unspecified atom stereocenters. The van der Waals surface area contributed by atoms with Gasteiger partial charge in [0.2, 0.25) is 0 Å². The maximum Gasteiger partial charge on any atom is 0.460 e. The average Bonchev–Trinajstić information content (AvgIpc) is 2.76.